The fourth-order valence-corrected chi connectivity index (χ4v) is 1.73. The summed E-state index contributed by atoms with van der Waals surface area (Å²) in [6.07, 6.45) is 1.76. The number of hydrogen-bond donors (Lipinski definition) is 0. The number of nitrogens with zero attached hydrogens (tertiary/aromatic N) is 4. The molecule has 2 aromatic rings. The van der Waals surface area contributed by atoms with Gasteiger partial charge in [-0.1, -0.05) is 6.07 Å². The van der Waals surface area contributed by atoms with Crippen molar-refractivity contribution in [3.63, 3.8) is 0 Å². The van der Waals surface area contributed by atoms with Gasteiger partial charge in [0.25, 0.3) is 0 Å². The Bertz CT molecular complexity index is 572. The Kier molecular flexibility index (Phi) is 3.54. The number of pyridine rings is 2. The molecule has 0 bridgehead atoms. The quantitative estimate of drug-likeness (QED) is 0.823. The van der Waals surface area contributed by atoms with Gasteiger partial charge in [-0.3, -0.25) is 4.98 Å². The van der Waals surface area contributed by atoms with Crippen LogP contribution in [0.5, 0.6) is 0 Å². The molecule has 0 aliphatic rings. The number of aryl methyl sites for hydroxylation is 1. The molecule has 4 heteroatoms. The van der Waals surface area contributed by atoms with Gasteiger partial charge in [0.05, 0.1) is 17.8 Å². The minimum Gasteiger partial charge on any atom is -0.353 e. The van der Waals surface area contributed by atoms with Crippen molar-refractivity contribution in [3.05, 3.63) is 53.5 Å². The second kappa shape index (κ2) is 5.28. The fraction of sp³-hybridized carbons (Fsp3) is 0.214. The number of aromatic nitrogens is 2. The molecule has 0 amide bonds. The zero-order valence-corrected chi connectivity index (χ0v) is 10.5. The summed E-state index contributed by atoms with van der Waals surface area (Å²) in [7, 11) is 1.91. The van der Waals surface area contributed by atoms with Crippen LogP contribution in [0.2, 0.25) is 0 Å². The highest BCUT2D eigenvalue weighted by molar-refractivity contribution is 5.53. The van der Waals surface area contributed by atoms with Gasteiger partial charge in [0.2, 0.25) is 0 Å². The smallest absolute Gasteiger partial charge is 0.146 e. The maximum Gasteiger partial charge on any atom is 0.146 e. The molecule has 4 nitrogen and oxygen atoms in total. The zero-order chi connectivity index (χ0) is 13.0. The van der Waals surface area contributed by atoms with Gasteiger partial charge < -0.3 is 4.90 Å². The van der Waals surface area contributed by atoms with Crippen molar-refractivity contribution in [3.8, 4) is 6.07 Å². The van der Waals surface area contributed by atoms with Crippen molar-refractivity contribution < 1.29 is 0 Å². The second-order valence-corrected chi connectivity index (χ2v) is 4.11. The van der Waals surface area contributed by atoms with E-state index in [0.717, 1.165) is 11.4 Å². The van der Waals surface area contributed by atoms with E-state index in [0.29, 0.717) is 17.9 Å². The lowest BCUT2D eigenvalue weighted by atomic mass is 10.2. The third kappa shape index (κ3) is 2.64. The highest BCUT2D eigenvalue weighted by Crippen LogP contribution is 2.17. The summed E-state index contributed by atoms with van der Waals surface area (Å²) >= 11 is 0. The summed E-state index contributed by atoms with van der Waals surface area (Å²) in [5.41, 5.74) is 2.43. The van der Waals surface area contributed by atoms with Gasteiger partial charge in [-0.05, 0) is 31.2 Å². The van der Waals surface area contributed by atoms with Gasteiger partial charge in [0.15, 0.2) is 0 Å². The molecule has 0 aliphatic carbocycles. The molecule has 0 saturated carbocycles. The third-order valence-corrected chi connectivity index (χ3v) is 2.62. The second-order valence-electron chi connectivity index (χ2n) is 4.11. The molecule has 0 aromatic carbocycles. The Morgan fingerprint density at radius 1 is 1.28 bits per heavy atom. The summed E-state index contributed by atoms with van der Waals surface area (Å²) in [5, 5.41) is 9.09. The van der Waals surface area contributed by atoms with Crippen molar-refractivity contribution in [1.82, 2.24) is 9.97 Å². The van der Waals surface area contributed by atoms with E-state index in [2.05, 4.69) is 16.0 Å². The standard InChI is InChI=1S/C14H14N4/c1-11-6-7-12(9-15)14(17-11)18(2)10-13-5-3-4-8-16-13/h3-8H,10H2,1-2H3. The Balaban J connectivity index is 2.26. The summed E-state index contributed by atoms with van der Waals surface area (Å²) in [4.78, 5) is 10.6. The molecule has 0 spiro atoms. The molecule has 0 unspecified atom stereocenters. The number of hydrogen-bond acceptors (Lipinski definition) is 4. The van der Waals surface area contributed by atoms with Gasteiger partial charge in [-0.25, -0.2) is 4.98 Å². The normalized spacial score (nSPS) is 9.83. The van der Waals surface area contributed by atoms with E-state index in [4.69, 9.17) is 5.26 Å². The van der Waals surface area contributed by atoms with Crippen LogP contribution < -0.4 is 4.90 Å². The topological polar surface area (TPSA) is 52.8 Å². The maximum atomic E-state index is 9.09. The van der Waals surface area contributed by atoms with E-state index in [1.165, 1.54) is 0 Å². The van der Waals surface area contributed by atoms with Crippen LogP contribution >= 0.6 is 0 Å². The van der Waals surface area contributed by atoms with E-state index in [9.17, 15) is 0 Å². The van der Waals surface area contributed by atoms with Gasteiger partial charge in [0, 0.05) is 18.9 Å². The number of nitriles is 1. The summed E-state index contributed by atoms with van der Waals surface area (Å²) < 4.78 is 0. The average Bonchev–Trinajstić information content (AvgIpc) is 2.40. The van der Waals surface area contributed by atoms with Gasteiger partial charge in [-0.15, -0.1) is 0 Å². The van der Waals surface area contributed by atoms with Crippen molar-refractivity contribution in [1.29, 1.82) is 5.26 Å². The number of anilines is 1. The minimum absolute atomic E-state index is 0.582. The minimum atomic E-state index is 0.582. The predicted molar refractivity (Wildman–Crippen MR) is 70.0 cm³/mol. The first kappa shape index (κ1) is 12.1. The lowest BCUT2D eigenvalue weighted by Gasteiger charge is -2.19. The van der Waals surface area contributed by atoms with Crippen LogP contribution in [-0.4, -0.2) is 17.0 Å². The van der Waals surface area contributed by atoms with Crippen molar-refractivity contribution in [2.45, 2.75) is 13.5 Å². The van der Waals surface area contributed by atoms with Gasteiger partial charge in [0.1, 0.15) is 11.9 Å². The monoisotopic (exact) mass is 238 g/mol. The van der Waals surface area contributed by atoms with Crippen LogP contribution in [0.1, 0.15) is 17.0 Å². The number of rotatable bonds is 3. The molecular weight excluding hydrogens is 224 g/mol. The first-order valence-electron chi connectivity index (χ1n) is 5.69. The van der Waals surface area contributed by atoms with E-state index in [1.807, 2.05) is 43.1 Å². The molecule has 2 heterocycles. The third-order valence-electron chi connectivity index (χ3n) is 2.62. The molecule has 0 aliphatic heterocycles. The van der Waals surface area contributed by atoms with Crippen molar-refractivity contribution in [2.75, 3.05) is 11.9 Å². The lowest BCUT2D eigenvalue weighted by Crippen LogP contribution is -2.19. The molecule has 0 radical (unpaired) electrons. The first-order chi connectivity index (χ1) is 8.70. The molecule has 2 rings (SSSR count). The zero-order valence-electron chi connectivity index (χ0n) is 10.5. The molecule has 0 saturated heterocycles. The molecule has 90 valence electrons. The Morgan fingerprint density at radius 2 is 2.11 bits per heavy atom. The molecule has 0 N–H and O–H groups in total. The van der Waals surface area contributed by atoms with E-state index in [-0.39, 0.29) is 0 Å². The van der Waals surface area contributed by atoms with Gasteiger partial charge in [-0.2, -0.15) is 5.26 Å². The van der Waals surface area contributed by atoms with E-state index < -0.39 is 0 Å². The Morgan fingerprint density at radius 3 is 2.78 bits per heavy atom. The molecule has 18 heavy (non-hydrogen) atoms. The van der Waals surface area contributed by atoms with Crippen LogP contribution in [0.25, 0.3) is 0 Å². The SMILES string of the molecule is Cc1ccc(C#N)c(N(C)Cc2ccccn2)n1. The van der Waals surface area contributed by atoms with Crippen LogP contribution in [0.4, 0.5) is 5.82 Å². The Labute approximate surface area is 107 Å². The predicted octanol–water partition coefficient (Wildman–Crippen LogP) is 2.29. The van der Waals surface area contributed by atoms with Crippen LogP contribution in [0.15, 0.2) is 36.5 Å². The maximum absolute atomic E-state index is 9.09. The summed E-state index contributed by atoms with van der Waals surface area (Å²) in [6.45, 7) is 2.55. The summed E-state index contributed by atoms with van der Waals surface area (Å²) in [6, 6.07) is 11.6. The van der Waals surface area contributed by atoms with Crippen molar-refractivity contribution in [2.24, 2.45) is 0 Å². The molecule has 0 atom stereocenters. The average molecular weight is 238 g/mol. The molecule has 0 fully saturated rings. The fourth-order valence-electron chi connectivity index (χ4n) is 1.73. The Hall–Kier alpha value is -2.41. The highest BCUT2D eigenvalue weighted by atomic mass is 15.2. The van der Waals surface area contributed by atoms with Crippen molar-refractivity contribution >= 4 is 5.82 Å². The van der Waals surface area contributed by atoms with E-state index in [1.54, 1.807) is 12.3 Å². The lowest BCUT2D eigenvalue weighted by molar-refractivity contribution is 0.859. The first-order valence-corrected chi connectivity index (χ1v) is 5.69. The molecular formula is C14H14N4. The van der Waals surface area contributed by atoms with Crippen LogP contribution in [-0.2, 0) is 6.54 Å². The van der Waals surface area contributed by atoms with Gasteiger partial charge >= 0.3 is 0 Å². The summed E-state index contributed by atoms with van der Waals surface area (Å²) in [5.74, 6) is 0.697. The molecule has 2 aromatic heterocycles. The van der Waals surface area contributed by atoms with E-state index >= 15 is 0 Å². The van der Waals surface area contributed by atoms with Crippen LogP contribution in [0.3, 0.4) is 0 Å². The van der Waals surface area contributed by atoms with Crippen LogP contribution in [0, 0.1) is 18.3 Å². The largest absolute Gasteiger partial charge is 0.353 e. The highest BCUT2D eigenvalue weighted by Gasteiger charge is 2.10.